The topological polar surface area (TPSA) is 88.0 Å². The molecule has 0 saturated carbocycles. The Labute approximate surface area is 93.9 Å². The number of nitrogens with one attached hydrogen (secondary N) is 1. The molecule has 0 aromatic heterocycles. The van der Waals surface area contributed by atoms with Crippen LogP contribution < -0.4 is 5.32 Å². The second-order valence-electron chi connectivity index (χ2n) is 3.59. The summed E-state index contributed by atoms with van der Waals surface area (Å²) in [5, 5.41) is 21.1. The van der Waals surface area contributed by atoms with E-state index in [1.807, 2.05) is 0 Å². The van der Waals surface area contributed by atoms with Crippen LogP contribution in [0.25, 0.3) is 0 Å². The van der Waals surface area contributed by atoms with Gasteiger partial charge in [-0.15, -0.1) is 13.2 Å². The van der Waals surface area contributed by atoms with Gasteiger partial charge < -0.3 is 25.0 Å². The Bertz CT molecular complexity index is 260. The molecule has 6 heteroatoms. The van der Waals surface area contributed by atoms with Crippen LogP contribution in [0.15, 0.2) is 13.2 Å². The third kappa shape index (κ3) is 2.18. The molecule has 0 spiro atoms. The van der Waals surface area contributed by atoms with Crippen LogP contribution in [-0.4, -0.2) is 53.4 Å². The molecule has 5 unspecified atom stereocenters. The summed E-state index contributed by atoms with van der Waals surface area (Å²) >= 11 is 0. The zero-order chi connectivity index (χ0) is 12.3. The van der Waals surface area contributed by atoms with E-state index >= 15 is 0 Å². The van der Waals surface area contributed by atoms with E-state index in [0.29, 0.717) is 0 Å². The molecular weight excluding hydrogens is 214 g/mol. The van der Waals surface area contributed by atoms with Crippen LogP contribution in [0.4, 0.5) is 4.79 Å². The first-order valence-electron chi connectivity index (χ1n) is 5.05. The molecule has 16 heavy (non-hydrogen) atoms. The highest BCUT2D eigenvalue weighted by atomic mass is 16.6. The van der Waals surface area contributed by atoms with Gasteiger partial charge in [0.15, 0.2) is 6.10 Å². The monoisotopic (exact) mass is 231 g/mol. The van der Waals surface area contributed by atoms with E-state index in [0.717, 1.165) is 0 Å². The highest BCUT2D eigenvalue weighted by Crippen LogP contribution is 2.26. The Kier molecular flexibility index (Phi) is 4.28. The fourth-order valence-corrected chi connectivity index (χ4v) is 1.92. The molecule has 6 nitrogen and oxygen atoms in total. The lowest BCUT2D eigenvalue weighted by molar-refractivity contribution is -0.172. The van der Waals surface area contributed by atoms with Gasteiger partial charge in [0.25, 0.3) is 0 Å². The smallest absolute Gasteiger partial charge is 0.408 e. The van der Waals surface area contributed by atoms with Gasteiger partial charge in [-0.05, 0) is 6.92 Å². The molecule has 2 aliphatic rings. The van der Waals surface area contributed by atoms with E-state index in [2.05, 4.69) is 18.5 Å². The number of fused-ring (bicyclic) bond motifs is 1. The van der Waals surface area contributed by atoms with Gasteiger partial charge in [0.2, 0.25) is 0 Å². The Hall–Kier alpha value is -1.11. The van der Waals surface area contributed by atoms with Gasteiger partial charge in [-0.3, -0.25) is 0 Å². The van der Waals surface area contributed by atoms with Crippen molar-refractivity contribution < 1.29 is 24.5 Å². The third-order valence-electron chi connectivity index (χ3n) is 2.67. The molecule has 0 aromatic carbocycles. The lowest BCUT2D eigenvalue weighted by atomic mass is 9.94. The molecule has 0 aromatic rings. The minimum atomic E-state index is -0.972. The summed E-state index contributed by atoms with van der Waals surface area (Å²) in [7, 11) is 0. The first-order chi connectivity index (χ1) is 7.63. The quantitative estimate of drug-likeness (QED) is 0.525. The molecule has 1 amide bonds. The Morgan fingerprint density at radius 3 is 2.69 bits per heavy atom. The molecular formula is C10H17NO5. The predicted octanol–water partition coefficient (Wildman–Crippen LogP) is -0.594. The standard InChI is InChI=1S/C8H13NO5.C2H4/c1-3-5-7(14-8(12)9-5)6(11)4(2-10)13-3;1-2/h3-7,10-11H,2H2,1H3,(H,9,12);1-2H2. The Morgan fingerprint density at radius 2 is 2.12 bits per heavy atom. The van der Waals surface area contributed by atoms with Gasteiger partial charge >= 0.3 is 6.09 Å². The summed E-state index contributed by atoms with van der Waals surface area (Å²) in [5.74, 6) is 0. The summed E-state index contributed by atoms with van der Waals surface area (Å²) in [6.45, 7) is 7.48. The zero-order valence-corrected chi connectivity index (χ0v) is 9.13. The van der Waals surface area contributed by atoms with Crippen molar-refractivity contribution in [3.63, 3.8) is 0 Å². The van der Waals surface area contributed by atoms with Crippen LogP contribution in [0, 0.1) is 0 Å². The predicted molar refractivity (Wildman–Crippen MR) is 55.9 cm³/mol. The fourth-order valence-electron chi connectivity index (χ4n) is 1.92. The van der Waals surface area contributed by atoms with E-state index in [1.165, 1.54) is 0 Å². The number of carbonyl (C=O) groups excluding carboxylic acids is 1. The number of aliphatic hydroxyl groups is 2. The molecule has 3 N–H and O–H groups in total. The second kappa shape index (κ2) is 5.29. The van der Waals surface area contributed by atoms with Gasteiger partial charge in [0, 0.05) is 0 Å². The van der Waals surface area contributed by atoms with E-state index in [4.69, 9.17) is 14.6 Å². The zero-order valence-electron chi connectivity index (χ0n) is 9.13. The van der Waals surface area contributed by atoms with Crippen molar-refractivity contribution in [2.24, 2.45) is 0 Å². The average molecular weight is 231 g/mol. The Morgan fingerprint density at radius 1 is 1.50 bits per heavy atom. The van der Waals surface area contributed by atoms with Crippen LogP contribution in [-0.2, 0) is 9.47 Å². The second-order valence-corrected chi connectivity index (χ2v) is 3.59. The summed E-state index contributed by atoms with van der Waals surface area (Å²) in [6, 6.07) is -0.333. The molecule has 2 saturated heterocycles. The van der Waals surface area contributed by atoms with E-state index < -0.39 is 24.4 Å². The largest absolute Gasteiger partial charge is 0.441 e. The van der Waals surface area contributed by atoms with Crippen molar-refractivity contribution in [2.45, 2.75) is 37.4 Å². The fraction of sp³-hybridized carbons (Fsp3) is 0.700. The third-order valence-corrected chi connectivity index (χ3v) is 2.67. The minimum absolute atomic E-state index is 0.271. The van der Waals surface area contributed by atoms with Crippen molar-refractivity contribution >= 4 is 6.09 Å². The van der Waals surface area contributed by atoms with Crippen molar-refractivity contribution in [2.75, 3.05) is 6.61 Å². The summed E-state index contributed by atoms with van der Waals surface area (Å²) in [6.07, 6.45) is -3.09. The van der Waals surface area contributed by atoms with Crippen molar-refractivity contribution in [3.8, 4) is 0 Å². The van der Waals surface area contributed by atoms with Gasteiger partial charge in [-0.2, -0.15) is 0 Å². The normalized spacial score (nSPS) is 41.2. The molecule has 2 heterocycles. The van der Waals surface area contributed by atoms with E-state index in [9.17, 15) is 9.90 Å². The van der Waals surface area contributed by atoms with Gasteiger partial charge in [-0.25, -0.2) is 4.79 Å². The molecule has 0 aliphatic carbocycles. The molecule has 92 valence electrons. The molecule has 5 atom stereocenters. The molecule has 0 bridgehead atoms. The van der Waals surface area contributed by atoms with Crippen molar-refractivity contribution in [1.29, 1.82) is 0 Å². The minimum Gasteiger partial charge on any atom is -0.441 e. The highest BCUT2D eigenvalue weighted by Gasteiger charge is 2.49. The van der Waals surface area contributed by atoms with Crippen molar-refractivity contribution in [1.82, 2.24) is 5.32 Å². The molecule has 2 aliphatic heterocycles. The maximum atomic E-state index is 10.9. The van der Waals surface area contributed by atoms with Gasteiger partial charge in [-0.1, -0.05) is 0 Å². The number of aliphatic hydroxyl groups excluding tert-OH is 2. The average Bonchev–Trinajstić information content (AvgIpc) is 2.69. The number of rotatable bonds is 1. The molecule has 2 fully saturated rings. The Balaban J connectivity index is 0.000000606. The van der Waals surface area contributed by atoms with Crippen LogP contribution >= 0.6 is 0 Å². The summed E-state index contributed by atoms with van der Waals surface area (Å²) in [4.78, 5) is 10.9. The van der Waals surface area contributed by atoms with Crippen LogP contribution in [0.1, 0.15) is 6.92 Å². The number of alkyl carbamates (subject to hydrolysis) is 1. The first-order valence-corrected chi connectivity index (χ1v) is 5.05. The maximum absolute atomic E-state index is 10.9. The van der Waals surface area contributed by atoms with E-state index in [-0.39, 0.29) is 18.8 Å². The first kappa shape index (κ1) is 13.0. The highest BCUT2D eigenvalue weighted by molar-refractivity contribution is 5.70. The number of ether oxygens (including phenoxy) is 2. The lowest BCUT2D eigenvalue weighted by Crippen LogP contribution is -2.58. The summed E-state index contributed by atoms with van der Waals surface area (Å²) < 4.78 is 10.2. The lowest BCUT2D eigenvalue weighted by Gasteiger charge is -2.37. The maximum Gasteiger partial charge on any atom is 0.408 e. The molecule has 2 rings (SSSR count). The summed E-state index contributed by atoms with van der Waals surface area (Å²) in [5.41, 5.74) is 0. The number of hydrogen-bond donors (Lipinski definition) is 3. The van der Waals surface area contributed by atoms with Gasteiger partial charge in [0.1, 0.15) is 12.2 Å². The SMILES string of the molecule is C=C.CC1OC(CO)C(O)C2OC(=O)NC12. The number of amides is 1. The van der Waals surface area contributed by atoms with Gasteiger partial charge in [0.05, 0.1) is 18.8 Å². The van der Waals surface area contributed by atoms with Crippen LogP contribution in [0.3, 0.4) is 0 Å². The van der Waals surface area contributed by atoms with Crippen LogP contribution in [0.2, 0.25) is 0 Å². The van der Waals surface area contributed by atoms with Crippen molar-refractivity contribution in [3.05, 3.63) is 13.2 Å². The van der Waals surface area contributed by atoms with E-state index in [1.54, 1.807) is 6.92 Å². The number of carbonyl (C=O) groups is 1. The molecule has 0 radical (unpaired) electrons. The van der Waals surface area contributed by atoms with Crippen LogP contribution in [0.5, 0.6) is 0 Å². The number of hydrogen-bond acceptors (Lipinski definition) is 5.